The molecule has 0 spiro atoms. The Labute approximate surface area is 117 Å². The number of nitro benzene ring substituents is 1. The van der Waals surface area contributed by atoms with Gasteiger partial charge in [-0.2, -0.15) is 0 Å². The summed E-state index contributed by atoms with van der Waals surface area (Å²) in [5.74, 6) is 0. The number of nitrogens with zero attached hydrogens (tertiary/aromatic N) is 2. The van der Waals surface area contributed by atoms with Crippen molar-refractivity contribution in [1.82, 2.24) is 5.32 Å². The van der Waals surface area contributed by atoms with Crippen LogP contribution in [0, 0.1) is 10.1 Å². The zero-order valence-corrected chi connectivity index (χ0v) is 11.5. The molecule has 1 aromatic carbocycles. The van der Waals surface area contributed by atoms with Gasteiger partial charge < -0.3 is 10.2 Å². The predicted molar refractivity (Wildman–Crippen MR) is 75.0 cm³/mol. The van der Waals surface area contributed by atoms with E-state index < -0.39 is 0 Å². The molecular weight excluding hydrogens is 277 g/mol. The van der Waals surface area contributed by atoms with Crippen molar-refractivity contribution >= 4 is 35.4 Å². The van der Waals surface area contributed by atoms with E-state index in [9.17, 15) is 10.1 Å². The number of anilines is 1. The fourth-order valence-corrected chi connectivity index (χ4v) is 2.39. The molecule has 0 bridgehead atoms. The summed E-state index contributed by atoms with van der Waals surface area (Å²) in [6, 6.07) is 5.10. The van der Waals surface area contributed by atoms with Gasteiger partial charge in [0.15, 0.2) is 0 Å². The SMILES string of the molecule is CC1CN(c2c(Cl)cccc2[N+](=O)[O-])CCN1.Cl. The average molecular weight is 292 g/mol. The lowest BCUT2D eigenvalue weighted by molar-refractivity contribution is -0.384. The number of para-hydroxylation sites is 1. The van der Waals surface area contributed by atoms with E-state index in [1.165, 1.54) is 6.07 Å². The largest absolute Gasteiger partial charge is 0.362 e. The average Bonchev–Trinajstić information content (AvgIpc) is 2.28. The van der Waals surface area contributed by atoms with E-state index in [1.807, 2.05) is 4.90 Å². The minimum Gasteiger partial charge on any atom is -0.362 e. The highest BCUT2D eigenvalue weighted by Gasteiger charge is 2.25. The Hall–Kier alpha value is -1.04. The van der Waals surface area contributed by atoms with Crippen LogP contribution in [0.25, 0.3) is 0 Å². The van der Waals surface area contributed by atoms with Crippen LogP contribution in [-0.2, 0) is 0 Å². The summed E-state index contributed by atoms with van der Waals surface area (Å²) in [5.41, 5.74) is 0.610. The Morgan fingerprint density at radius 2 is 2.28 bits per heavy atom. The smallest absolute Gasteiger partial charge is 0.294 e. The lowest BCUT2D eigenvalue weighted by atomic mass is 10.2. The topological polar surface area (TPSA) is 58.4 Å². The van der Waals surface area contributed by atoms with Crippen molar-refractivity contribution < 1.29 is 4.92 Å². The predicted octanol–water partition coefficient (Wildman–Crippen LogP) is 2.47. The standard InChI is InChI=1S/C11H14ClN3O2.ClH/c1-8-7-14(6-5-13-8)11-9(12)3-2-4-10(11)15(16)17;/h2-4,8,13H,5-7H2,1H3;1H. The van der Waals surface area contributed by atoms with Crippen LogP contribution in [0.4, 0.5) is 11.4 Å². The first-order valence-corrected chi connectivity index (χ1v) is 5.88. The zero-order valence-electron chi connectivity index (χ0n) is 9.93. The van der Waals surface area contributed by atoms with Crippen LogP contribution in [0.3, 0.4) is 0 Å². The van der Waals surface area contributed by atoms with Crippen LogP contribution in [0.15, 0.2) is 18.2 Å². The van der Waals surface area contributed by atoms with Crippen molar-refractivity contribution in [3.63, 3.8) is 0 Å². The van der Waals surface area contributed by atoms with Crippen LogP contribution in [0.2, 0.25) is 5.02 Å². The number of rotatable bonds is 2. The van der Waals surface area contributed by atoms with Gasteiger partial charge in [-0.25, -0.2) is 0 Å². The number of hydrogen-bond acceptors (Lipinski definition) is 4. The van der Waals surface area contributed by atoms with Crippen LogP contribution in [-0.4, -0.2) is 30.6 Å². The van der Waals surface area contributed by atoms with Crippen molar-refractivity contribution in [2.45, 2.75) is 13.0 Å². The molecule has 1 fully saturated rings. The van der Waals surface area contributed by atoms with Crippen molar-refractivity contribution in [3.8, 4) is 0 Å². The number of hydrogen-bond donors (Lipinski definition) is 1. The summed E-state index contributed by atoms with van der Waals surface area (Å²) in [6.07, 6.45) is 0. The molecule has 1 aliphatic rings. The monoisotopic (exact) mass is 291 g/mol. The van der Waals surface area contributed by atoms with Gasteiger partial charge in [-0.3, -0.25) is 10.1 Å². The zero-order chi connectivity index (χ0) is 12.4. The van der Waals surface area contributed by atoms with Gasteiger partial charge in [0.2, 0.25) is 0 Å². The maximum absolute atomic E-state index is 11.0. The molecule has 0 amide bonds. The van der Waals surface area contributed by atoms with E-state index >= 15 is 0 Å². The number of piperazine rings is 1. The molecule has 0 radical (unpaired) electrons. The fraction of sp³-hybridized carbons (Fsp3) is 0.455. The summed E-state index contributed by atoms with van der Waals surface area (Å²) in [5, 5.41) is 14.7. The van der Waals surface area contributed by atoms with Gasteiger partial charge >= 0.3 is 0 Å². The molecule has 1 heterocycles. The van der Waals surface area contributed by atoms with Gasteiger partial charge in [-0.1, -0.05) is 17.7 Å². The molecule has 2 rings (SSSR count). The number of benzene rings is 1. The van der Waals surface area contributed by atoms with Crippen molar-refractivity contribution in [2.24, 2.45) is 0 Å². The Morgan fingerprint density at radius 3 is 2.89 bits per heavy atom. The van der Waals surface area contributed by atoms with Gasteiger partial charge in [0, 0.05) is 31.7 Å². The maximum Gasteiger partial charge on any atom is 0.294 e. The lowest BCUT2D eigenvalue weighted by Crippen LogP contribution is -2.49. The third-order valence-electron chi connectivity index (χ3n) is 2.85. The van der Waals surface area contributed by atoms with Crippen molar-refractivity contribution in [1.29, 1.82) is 0 Å². The van der Waals surface area contributed by atoms with Crippen molar-refractivity contribution in [3.05, 3.63) is 33.3 Å². The summed E-state index contributed by atoms with van der Waals surface area (Å²) < 4.78 is 0. The second-order valence-corrected chi connectivity index (χ2v) is 4.57. The quantitative estimate of drug-likeness (QED) is 0.672. The van der Waals surface area contributed by atoms with E-state index in [4.69, 9.17) is 11.6 Å². The number of halogens is 2. The molecule has 1 atom stereocenters. The summed E-state index contributed by atoms with van der Waals surface area (Å²) in [7, 11) is 0. The van der Waals surface area contributed by atoms with Gasteiger partial charge in [0.1, 0.15) is 5.69 Å². The Balaban J connectivity index is 0.00000162. The highest BCUT2D eigenvalue weighted by atomic mass is 35.5. The second kappa shape index (κ2) is 6.22. The van der Waals surface area contributed by atoms with Gasteiger partial charge in [-0.15, -0.1) is 12.4 Å². The number of nitrogens with one attached hydrogen (secondary N) is 1. The van der Waals surface area contributed by atoms with Crippen LogP contribution in [0.1, 0.15) is 6.92 Å². The molecule has 0 aliphatic carbocycles. The normalized spacial score (nSPS) is 19.2. The molecule has 1 unspecified atom stereocenters. The fourth-order valence-electron chi connectivity index (χ4n) is 2.10. The molecule has 100 valence electrons. The van der Waals surface area contributed by atoms with Crippen LogP contribution >= 0.6 is 24.0 Å². The molecule has 5 nitrogen and oxygen atoms in total. The molecule has 7 heteroatoms. The van der Waals surface area contributed by atoms with Crippen LogP contribution in [0.5, 0.6) is 0 Å². The summed E-state index contributed by atoms with van der Waals surface area (Å²) >= 11 is 6.09. The molecule has 1 aromatic rings. The summed E-state index contributed by atoms with van der Waals surface area (Å²) in [6.45, 7) is 4.32. The van der Waals surface area contributed by atoms with Gasteiger partial charge in [-0.05, 0) is 13.0 Å². The van der Waals surface area contributed by atoms with E-state index in [0.29, 0.717) is 16.8 Å². The highest BCUT2D eigenvalue weighted by Crippen LogP contribution is 2.35. The Kier molecular flexibility index (Phi) is 5.19. The third kappa shape index (κ3) is 3.04. The minimum atomic E-state index is -0.381. The maximum atomic E-state index is 11.0. The molecular formula is C11H15Cl2N3O2. The van der Waals surface area contributed by atoms with E-state index in [0.717, 1.165) is 19.6 Å². The first kappa shape index (κ1) is 15.0. The first-order chi connectivity index (χ1) is 8.09. The third-order valence-corrected chi connectivity index (χ3v) is 3.15. The summed E-state index contributed by atoms with van der Waals surface area (Å²) in [4.78, 5) is 12.6. The molecule has 1 N–H and O–H groups in total. The number of nitro groups is 1. The molecule has 1 aliphatic heterocycles. The molecule has 18 heavy (non-hydrogen) atoms. The van der Waals surface area contributed by atoms with E-state index in [2.05, 4.69) is 12.2 Å². The van der Waals surface area contributed by atoms with Crippen LogP contribution < -0.4 is 10.2 Å². The van der Waals surface area contributed by atoms with E-state index in [-0.39, 0.29) is 23.0 Å². The Morgan fingerprint density at radius 1 is 1.56 bits per heavy atom. The second-order valence-electron chi connectivity index (χ2n) is 4.17. The molecule has 0 aromatic heterocycles. The first-order valence-electron chi connectivity index (χ1n) is 5.51. The molecule has 1 saturated heterocycles. The highest BCUT2D eigenvalue weighted by molar-refractivity contribution is 6.33. The van der Waals surface area contributed by atoms with E-state index in [1.54, 1.807) is 12.1 Å². The van der Waals surface area contributed by atoms with Gasteiger partial charge in [0.25, 0.3) is 5.69 Å². The lowest BCUT2D eigenvalue weighted by Gasteiger charge is -2.33. The molecule has 0 saturated carbocycles. The van der Waals surface area contributed by atoms with Crippen molar-refractivity contribution in [2.75, 3.05) is 24.5 Å². The van der Waals surface area contributed by atoms with Gasteiger partial charge in [0.05, 0.1) is 9.95 Å². The Bertz CT molecular complexity index is 442. The minimum absolute atomic E-state index is 0.